The fourth-order valence-electron chi connectivity index (χ4n) is 1.50. The van der Waals surface area contributed by atoms with E-state index < -0.39 is 23.0 Å². The zero-order valence-electron chi connectivity index (χ0n) is 10.4. The molecule has 0 bridgehead atoms. The van der Waals surface area contributed by atoms with Gasteiger partial charge < -0.3 is 5.32 Å². The van der Waals surface area contributed by atoms with Gasteiger partial charge in [0.25, 0.3) is 6.43 Å². The summed E-state index contributed by atoms with van der Waals surface area (Å²) in [6.45, 7) is 1.44. The van der Waals surface area contributed by atoms with E-state index in [1.54, 1.807) is 14.0 Å². The van der Waals surface area contributed by atoms with Gasteiger partial charge in [-0.15, -0.1) is 11.3 Å². The van der Waals surface area contributed by atoms with Gasteiger partial charge in [0, 0.05) is 23.3 Å². The van der Waals surface area contributed by atoms with Crippen LogP contribution in [0.3, 0.4) is 0 Å². The van der Waals surface area contributed by atoms with Crippen molar-refractivity contribution in [1.29, 1.82) is 0 Å². The van der Waals surface area contributed by atoms with Gasteiger partial charge in [-0.05, 0) is 20.0 Å². The Labute approximate surface area is 110 Å². The summed E-state index contributed by atoms with van der Waals surface area (Å²) in [5, 5.41) is 2.92. The molecule has 18 heavy (non-hydrogen) atoms. The number of nitrogens with zero attached hydrogens (tertiary/aromatic N) is 1. The van der Waals surface area contributed by atoms with Gasteiger partial charge in [0.15, 0.2) is 0 Å². The molecule has 0 aromatic carbocycles. The number of hydrogen-bond acceptors (Lipinski definition) is 4. The standard InChI is InChI=1S/C10H16F2N2O2S2/c1-7-9(4-8(17-7)5-13-2)18(15,16)14(3)6-10(11)12/h4,10,13H,5-6H2,1-3H3. The summed E-state index contributed by atoms with van der Waals surface area (Å²) in [5.74, 6) is 0. The molecule has 0 saturated carbocycles. The average molecular weight is 298 g/mol. The van der Waals surface area contributed by atoms with Crippen molar-refractivity contribution >= 4 is 21.4 Å². The molecule has 0 aliphatic carbocycles. The molecule has 0 saturated heterocycles. The minimum absolute atomic E-state index is 0.112. The Bertz CT molecular complexity index is 500. The lowest BCUT2D eigenvalue weighted by atomic mass is 10.4. The number of nitrogens with one attached hydrogen (secondary N) is 1. The van der Waals surface area contributed by atoms with Gasteiger partial charge in [0.1, 0.15) is 0 Å². The van der Waals surface area contributed by atoms with Crippen LogP contribution in [-0.4, -0.2) is 39.8 Å². The molecule has 0 spiro atoms. The molecule has 104 valence electrons. The third-order valence-electron chi connectivity index (χ3n) is 2.36. The third kappa shape index (κ3) is 3.47. The van der Waals surface area contributed by atoms with Gasteiger partial charge in [-0.2, -0.15) is 4.31 Å². The predicted molar refractivity (Wildman–Crippen MR) is 67.6 cm³/mol. The first-order chi connectivity index (χ1) is 8.28. The predicted octanol–water partition coefficient (Wildman–Crippen LogP) is 1.66. The summed E-state index contributed by atoms with van der Waals surface area (Å²) in [4.78, 5) is 1.58. The topological polar surface area (TPSA) is 49.4 Å². The van der Waals surface area contributed by atoms with Crippen molar-refractivity contribution < 1.29 is 17.2 Å². The molecular weight excluding hydrogens is 282 g/mol. The van der Waals surface area contributed by atoms with E-state index in [1.807, 2.05) is 0 Å². The second-order valence-corrected chi connectivity index (χ2v) is 7.19. The van der Waals surface area contributed by atoms with Crippen molar-refractivity contribution in [2.45, 2.75) is 24.8 Å². The molecule has 1 N–H and O–H groups in total. The van der Waals surface area contributed by atoms with E-state index in [0.717, 1.165) is 11.9 Å². The zero-order valence-corrected chi connectivity index (χ0v) is 12.0. The second kappa shape index (κ2) is 6.05. The van der Waals surface area contributed by atoms with Crippen molar-refractivity contribution in [3.05, 3.63) is 15.8 Å². The largest absolute Gasteiger partial charge is 0.315 e. The maximum Gasteiger partial charge on any atom is 0.252 e. The Kier molecular flexibility index (Phi) is 5.20. The number of alkyl halides is 2. The summed E-state index contributed by atoms with van der Waals surface area (Å²) in [5.41, 5.74) is 0. The van der Waals surface area contributed by atoms with E-state index in [9.17, 15) is 17.2 Å². The number of halogens is 2. The first-order valence-electron chi connectivity index (χ1n) is 5.27. The van der Waals surface area contributed by atoms with E-state index in [-0.39, 0.29) is 4.90 Å². The van der Waals surface area contributed by atoms with Crippen molar-refractivity contribution in [3.8, 4) is 0 Å². The Morgan fingerprint density at radius 3 is 2.61 bits per heavy atom. The van der Waals surface area contributed by atoms with Crippen LogP contribution in [-0.2, 0) is 16.6 Å². The third-order valence-corrected chi connectivity index (χ3v) is 5.49. The van der Waals surface area contributed by atoms with Crippen LogP contribution in [0.15, 0.2) is 11.0 Å². The maximum atomic E-state index is 12.2. The lowest BCUT2D eigenvalue weighted by Crippen LogP contribution is -2.31. The lowest BCUT2D eigenvalue weighted by molar-refractivity contribution is 0.126. The monoisotopic (exact) mass is 298 g/mol. The number of rotatable bonds is 6. The van der Waals surface area contributed by atoms with Crippen molar-refractivity contribution in [2.75, 3.05) is 20.6 Å². The number of sulfonamides is 1. The summed E-state index contributed by atoms with van der Waals surface area (Å²) in [7, 11) is -0.907. The van der Waals surface area contributed by atoms with Crippen LogP contribution in [0.25, 0.3) is 0 Å². The van der Waals surface area contributed by atoms with E-state index in [4.69, 9.17) is 0 Å². The Morgan fingerprint density at radius 2 is 2.11 bits per heavy atom. The highest BCUT2D eigenvalue weighted by Gasteiger charge is 2.26. The molecule has 0 fully saturated rings. The maximum absolute atomic E-state index is 12.2. The van der Waals surface area contributed by atoms with Gasteiger partial charge in [0.2, 0.25) is 10.0 Å². The van der Waals surface area contributed by atoms with Crippen LogP contribution in [0.4, 0.5) is 8.78 Å². The van der Waals surface area contributed by atoms with Crippen LogP contribution < -0.4 is 5.32 Å². The number of aryl methyl sites for hydroxylation is 1. The van der Waals surface area contributed by atoms with Crippen LogP contribution >= 0.6 is 11.3 Å². The van der Waals surface area contributed by atoms with E-state index in [0.29, 0.717) is 15.7 Å². The van der Waals surface area contributed by atoms with E-state index in [2.05, 4.69) is 5.32 Å². The molecule has 8 heteroatoms. The second-order valence-electron chi connectivity index (χ2n) is 3.84. The van der Waals surface area contributed by atoms with Crippen molar-refractivity contribution in [2.24, 2.45) is 0 Å². The van der Waals surface area contributed by atoms with Gasteiger partial charge in [0.05, 0.1) is 11.4 Å². The SMILES string of the molecule is CNCc1cc(S(=O)(=O)N(C)CC(F)F)c(C)s1. The molecule has 4 nitrogen and oxygen atoms in total. The summed E-state index contributed by atoms with van der Waals surface area (Å²) in [6, 6.07) is 1.54. The fraction of sp³-hybridized carbons (Fsp3) is 0.600. The Balaban J connectivity index is 3.04. The molecular formula is C10H16F2N2O2S2. The fourth-order valence-corrected chi connectivity index (χ4v) is 4.26. The first kappa shape index (κ1) is 15.5. The highest BCUT2D eigenvalue weighted by atomic mass is 32.2. The molecule has 1 heterocycles. The smallest absolute Gasteiger partial charge is 0.252 e. The molecule has 1 aromatic rings. The van der Waals surface area contributed by atoms with Crippen LogP contribution in [0.1, 0.15) is 9.75 Å². The normalized spacial score (nSPS) is 12.6. The summed E-state index contributed by atoms with van der Waals surface area (Å²) in [6.07, 6.45) is -2.68. The van der Waals surface area contributed by atoms with Gasteiger partial charge in [-0.25, -0.2) is 17.2 Å². The molecule has 0 amide bonds. The Hall–Kier alpha value is -0.570. The summed E-state index contributed by atoms with van der Waals surface area (Å²) >= 11 is 1.35. The van der Waals surface area contributed by atoms with Crippen LogP contribution in [0.2, 0.25) is 0 Å². The van der Waals surface area contributed by atoms with E-state index in [1.165, 1.54) is 17.4 Å². The molecule has 0 aliphatic rings. The van der Waals surface area contributed by atoms with Crippen molar-refractivity contribution in [3.63, 3.8) is 0 Å². The van der Waals surface area contributed by atoms with Crippen LogP contribution in [0.5, 0.6) is 0 Å². The highest BCUT2D eigenvalue weighted by molar-refractivity contribution is 7.89. The Morgan fingerprint density at radius 1 is 1.50 bits per heavy atom. The average Bonchev–Trinajstić information content (AvgIpc) is 2.59. The molecule has 1 aromatic heterocycles. The molecule has 0 atom stereocenters. The van der Waals surface area contributed by atoms with Gasteiger partial charge in [-0.3, -0.25) is 0 Å². The molecule has 1 rings (SSSR count). The van der Waals surface area contributed by atoms with Gasteiger partial charge >= 0.3 is 0 Å². The number of thiophene rings is 1. The first-order valence-corrected chi connectivity index (χ1v) is 7.53. The molecule has 0 unspecified atom stereocenters. The number of hydrogen-bond donors (Lipinski definition) is 1. The molecule has 0 aliphatic heterocycles. The minimum Gasteiger partial charge on any atom is -0.315 e. The van der Waals surface area contributed by atoms with E-state index >= 15 is 0 Å². The zero-order chi connectivity index (χ0) is 13.9. The quantitative estimate of drug-likeness (QED) is 0.869. The lowest BCUT2D eigenvalue weighted by Gasteiger charge is -2.16. The van der Waals surface area contributed by atoms with Gasteiger partial charge in [-0.1, -0.05) is 0 Å². The molecule has 0 radical (unpaired) electrons. The highest BCUT2D eigenvalue weighted by Crippen LogP contribution is 2.27. The van der Waals surface area contributed by atoms with Crippen molar-refractivity contribution in [1.82, 2.24) is 9.62 Å². The van der Waals surface area contributed by atoms with Crippen LogP contribution in [0, 0.1) is 6.92 Å². The minimum atomic E-state index is -3.83. The summed E-state index contributed by atoms with van der Waals surface area (Å²) < 4.78 is 49.3.